The molecule has 0 fully saturated rings. The van der Waals surface area contributed by atoms with Crippen LogP contribution in [-0.2, 0) is 0 Å². The Morgan fingerprint density at radius 3 is 2.82 bits per heavy atom. The summed E-state index contributed by atoms with van der Waals surface area (Å²) in [4.78, 5) is 7.96. The number of hydrogen-bond acceptors (Lipinski definition) is 6. The lowest BCUT2D eigenvalue weighted by Crippen LogP contribution is -2.13. The van der Waals surface area contributed by atoms with Crippen molar-refractivity contribution in [2.75, 3.05) is 18.1 Å². The van der Waals surface area contributed by atoms with Crippen LogP contribution < -0.4 is 16.2 Å². The zero-order valence-corrected chi connectivity index (χ0v) is 9.42. The van der Waals surface area contributed by atoms with E-state index in [1.165, 1.54) is 0 Å². The molecular formula is C11H14N4O2. The predicted molar refractivity (Wildman–Crippen MR) is 65.5 cm³/mol. The van der Waals surface area contributed by atoms with Crippen LogP contribution in [0.15, 0.2) is 18.2 Å². The van der Waals surface area contributed by atoms with Crippen molar-refractivity contribution in [1.82, 2.24) is 9.97 Å². The molecule has 0 saturated carbocycles. The molecule has 0 aliphatic carbocycles. The summed E-state index contributed by atoms with van der Waals surface area (Å²) in [5.41, 5.74) is 11.9. The van der Waals surface area contributed by atoms with Crippen LogP contribution in [0.2, 0.25) is 0 Å². The molecule has 2 rings (SSSR count). The van der Waals surface area contributed by atoms with Gasteiger partial charge < -0.3 is 21.3 Å². The number of fused-ring (bicyclic) bond motifs is 1. The largest absolute Gasteiger partial charge is 0.490 e. The molecule has 5 N–H and O–H groups in total. The first-order valence-corrected chi connectivity index (χ1v) is 5.20. The molecule has 0 saturated heterocycles. The summed E-state index contributed by atoms with van der Waals surface area (Å²) in [5.74, 6) is 0.942. The van der Waals surface area contributed by atoms with Crippen LogP contribution in [0, 0.1) is 0 Å². The zero-order chi connectivity index (χ0) is 12.4. The van der Waals surface area contributed by atoms with E-state index in [1.807, 2.05) is 0 Å². The molecule has 90 valence electrons. The quantitative estimate of drug-likeness (QED) is 0.716. The minimum atomic E-state index is -0.554. The zero-order valence-electron chi connectivity index (χ0n) is 9.42. The molecule has 0 radical (unpaired) electrons. The Kier molecular flexibility index (Phi) is 2.97. The highest BCUT2D eigenvalue weighted by Crippen LogP contribution is 2.28. The van der Waals surface area contributed by atoms with E-state index >= 15 is 0 Å². The highest BCUT2D eigenvalue weighted by Gasteiger charge is 2.09. The predicted octanol–water partition coefficient (Wildman–Crippen LogP) is 0.554. The van der Waals surface area contributed by atoms with E-state index in [0.29, 0.717) is 16.7 Å². The molecule has 6 heteroatoms. The Morgan fingerprint density at radius 1 is 1.35 bits per heavy atom. The standard InChI is InChI=1S/C11H14N4O2/c1-6(16)5-17-8-4-2-3-7-9(8)10(12)15-11(13)14-7/h2-4,6,16H,5H2,1H3,(H4,12,13,14,15). The van der Waals surface area contributed by atoms with E-state index in [9.17, 15) is 5.11 Å². The molecule has 1 aromatic heterocycles. The van der Waals surface area contributed by atoms with Gasteiger partial charge in [-0.1, -0.05) is 6.07 Å². The van der Waals surface area contributed by atoms with Crippen molar-refractivity contribution in [2.45, 2.75) is 13.0 Å². The van der Waals surface area contributed by atoms with E-state index in [-0.39, 0.29) is 18.4 Å². The summed E-state index contributed by atoms with van der Waals surface area (Å²) in [6.07, 6.45) is -0.554. The maximum absolute atomic E-state index is 9.19. The van der Waals surface area contributed by atoms with Crippen LogP contribution in [0.5, 0.6) is 5.75 Å². The first-order valence-electron chi connectivity index (χ1n) is 5.20. The first-order chi connectivity index (χ1) is 8.08. The van der Waals surface area contributed by atoms with Crippen LogP contribution >= 0.6 is 0 Å². The summed E-state index contributed by atoms with van der Waals surface area (Å²) in [7, 11) is 0. The summed E-state index contributed by atoms with van der Waals surface area (Å²) >= 11 is 0. The smallest absolute Gasteiger partial charge is 0.222 e. The first kappa shape index (κ1) is 11.4. The molecule has 0 amide bonds. The minimum absolute atomic E-state index is 0.127. The Morgan fingerprint density at radius 2 is 2.12 bits per heavy atom. The summed E-state index contributed by atoms with van der Waals surface area (Å²) in [6.45, 7) is 1.83. The van der Waals surface area contributed by atoms with Gasteiger partial charge in [-0.15, -0.1) is 0 Å². The van der Waals surface area contributed by atoms with Crippen molar-refractivity contribution in [3.63, 3.8) is 0 Å². The number of nitrogen functional groups attached to an aromatic ring is 2. The van der Waals surface area contributed by atoms with E-state index in [2.05, 4.69) is 9.97 Å². The molecular weight excluding hydrogens is 220 g/mol. The number of aliphatic hydroxyl groups is 1. The number of hydrogen-bond donors (Lipinski definition) is 3. The Bertz CT molecular complexity index is 542. The Hall–Kier alpha value is -2.08. The molecule has 0 aliphatic rings. The van der Waals surface area contributed by atoms with Gasteiger partial charge in [-0.3, -0.25) is 0 Å². The lowest BCUT2D eigenvalue weighted by Gasteiger charge is -2.11. The molecule has 6 nitrogen and oxygen atoms in total. The maximum Gasteiger partial charge on any atom is 0.222 e. The fraction of sp³-hybridized carbons (Fsp3) is 0.273. The van der Waals surface area contributed by atoms with Crippen LogP contribution in [0.3, 0.4) is 0 Å². The average molecular weight is 234 g/mol. The fourth-order valence-corrected chi connectivity index (χ4v) is 1.53. The number of benzene rings is 1. The topological polar surface area (TPSA) is 107 Å². The van der Waals surface area contributed by atoms with Gasteiger partial charge in [0.05, 0.1) is 17.0 Å². The van der Waals surface area contributed by atoms with Crippen molar-refractivity contribution in [2.24, 2.45) is 0 Å². The Balaban J connectivity index is 2.49. The third-order valence-electron chi connectivity index (χ3n) is 2.21. The number of rotatable bonds is 3. The van der Waals surface area contributed by atoms with E-state index in [4.69, 9.17) is 16.2 Å². The highest BCUT2D eigenvalue weighted by molar-refractivity contribution is 5.94. The Labute approximate surface area is 98.2 Å². The van der Waals surface area contributed by atoms with Crippen LogP contribution in [-0.4, -0.2) is 27.8 Å². The fourth-order valence-electron chi connectivity index (χ4n) is 1.53. The van der Waals surface area contributed by atoms with Gasteiger partial charge >= 0.3 is 0 Å². The molecule has 0 aliphatic heterocycles. The number of ether oxygens (including phenoxy) is 1. The highest BCUT2D eigenvalue weighted by atomic mass is 16.5. The van der Waals surface area contributed by atoms with Gasteiger partial charge in [-0.2, -0.15) is 4.98 Å². The van der Waals surface area contributed by atoms with Crippen molar-refractivity contribution >= 4 is 22.7 Å². The average Bonchev–Trinajstić information content (AvgIpc) is 2.25. The van der Waals surface area contributed by atoms with Crippen LogP contribution in [0.1, 0.15) is 6.92 Å². The molecule has 1 heterocycles. The number of anilines is 2. The molecule has 17 heavy (non-hydrogen) atoms. The number of aliphatic hydroxyl groups excluding tert-OH is 1. The van der Waals surface area contributed by atoms with E-state index in [0.717, 1.165) is 0 Å². The van der Waals surface area contributed by atoms with Crippen molar-refractivity contribution in [3.8, 4) is 5.75 Å². The molecule has 0 bridgehead atoms. The number of nitrogens with two attached hydrogens (primary N) is 2. The van der Waals surface area contributed by atoms with E-state index < -0.39 is 6.10 Å². The minimum Gasteiger partial charge on any atom is -0.490 e. The second-order valence-electron chi connectivity index (χ2n) is 3.78. The third kappa shape index (κ3) is 2.36. The molecule has 2 aromatic rings. The van der Waals surface area contributed by atoms with Crippen LogP contribution in [0.4, 0.5) is 11.8 Å². The lowest BCUT2D eigenvalue weighted by atomic mass is 10.2. The lowest BCUT2D eigenvalue weighted by molar-refractivity contribution is 0.123. The second kappa shape index (κ2) is 4.42. The number of nitrogens with zero attached hydrogens (tertiary/aromatic N) is 2. The number of aromatic nitrogens is 2. The van der Waals surface area contributed by atoms with Gasteiger partial charge in [0, 0.05) is 0 Å². The molecule has 1 atom stereocenters. The molecule has 1 aromatic carbocycles. The van der Waals surface area contributed by atoms with Gasteiger partial charge in [0.1, 0.15) is 18.2 Å². The van der Waals surface area contributed by atoms with Crippen molar-refractivity contribution < 1.29 is 9.84 Å². The van der Waals surface area contributed by atoms with Crippen LogP contribution in [0.25, 0.3) is 10.9 Å². The van der Waals surface area contributed by atoms with Gasteiger partial charge in [0.25, 0.3) is 0 Å². The SMILES string of the molecule is CC(O)COc1cccc2nc(N)nc(N)c12. The summed E-state index contributed by atoms with van der Waals surface area (Å²) in [5, 5.41) is 9.80. The van der Waals surface area contributed by atoms with Gasteiger partial charge in [0.2, 0.25) is 5.95 Å². The van der Waals surface area contributed by atoms with Gasteiger partial charge in [-0.05, 0) is 19.1 Å². The molecule has 1 unspecified atom stereocenters. The maximum atomic E-state index is 9.19. The van der Waals surface area contributed by atoms with E-state index in [1.54, 1.807) is 25.1 Å². The summed E-state index contributed by atoms with van der Waals surface area (Å²) in [6, 6.07) is 5.31. The normalized spacial score (nSPS) is 12.6. The monoisotopic (exact) mass is 234 g/mol. The van der Waals surface area contributed by atoms with Gasteiger partial charge in [0.15, 0.2) is 0 Å². The third-order valence-corrected chi connectivity index (χ3v) is 2.21. The van der Waals surface area contributed by atoms with Crippen molar-refractivity contribution in [3.05, 3.63) is 18.2 Å². The van der Waals surface area contributed by atoms with Crippen molar-refractivity contribution in [1.29, 1.82) is 0 Å². The second-order valence-corrected chi connectivity index (χ2v) is 3.78. The van der Waals surface area contributed by atoms with Gasteiger partial charge in [-0.25, -0.2) is 4.98 Å². The summed E-state index contributed by atoms with van der Waals surface area (Å²) < 4.78 is 5.45. The molecule has 0 spiro atoms.